The van der Waals surface area contributed by atoms with Crippen molar-refractivity contribution in [1.82, 2.24) is 5.32 Å². The van der Waals surface area contributed by atoms with Crippen LogP contribution in [0.3, 0.4) is 0 Å². The van der Waals surface area contributed by atoms with Gasteiger partial charge in [0.15, 0.2) is 0 Å². The maximum Gasteiger partial charge on any atom is 0.408 e. The minimum Gasteiger partial charge on any atom is -0.467 e. The number of amides is 1. The zero-order valence-corrected chi connectivity index (χ0v) is 16.5. The fourth-order valence-electron chi connectivity index (χ4n) is 4.52. The molecule has 0 spiro atoms. The number of esters is 1. The number of fused-ring (bicyclic) bond motifs is 3. The first-order chi connectivity index (χ1) is 13.5. The third-order valence-corrected chi connectivity index (χ3v) is 6.53. The van der Waals surface area contributed by atoms with Gasteiger partial charge >= 0.3 is 12.1 Å². The van der Waals surface area contributed by atoms with Crippen molar-refractivity contribution in [3.63, 3.8) is 0 Å². The Morgan fingerprint density at radius 2 is 1.64 bits per heavy atom. The highest BCUT2D eigenvalue weighted by Crippen LogP contribution is 2.59. The normalized spacial score (nSPS) is 24.8. The third kappa shape index (κ3) is 2.68. The molecule has 0 heterocycles. The monoisotopic (exact) mass is 379 g/mol. The second-order valence-electron chi connectivity index (χ2n) is 7.94. The van der Waals surface area contributed by atoms with E-state index in [0.29, 0.717) is 6.42 Å². The number of benzene rings is 2. The van der Waals surface area contributed by atoms with Gasteiger partial charge in [0.05, 0.1) is 7.11 Å². The van der Waals surface area contributed by atoms with E-state index in [1.165, 1.54) is 18.2 Å². The molecule has 1 saturated carbocycles. The van der Waals surface area contributed by atoms with Crippen LogP contribution in [0.25, 0.3) is 11.1 Å². The van der Waals surface area contributed by atoms with Gasteiger partial charge < -0.3 is 14.8 Å². The molecule has 2 aliphatic carbocycles. The Kier molecular flexibility index (Phi) is 4.41. The molecule has 2 aromatic carbocycles. The van der Waals surface area contributed by atoms with Gasteiger partial charge in [-0.15, -0.1) is 0 Å². The number of ether oxygens (including phenoxy) is 2. The SMILES string of the molecule is CC[C@]1(C)C[C@]1(NC(=O)OCC1c2ccccc2-c2ccccc21)C(=O)OC. The number of methoxy groups -OCH3 is 1. The number of alkyl carbamates (subject to hydrolysis) is 1. The molecule has 0 bridgehead atoms. The zero-order valence-electron chi connectivity index (χ0n) is 16.5. The van der Waals surface area contributed by atoms with Gasteiger partial charge in [-0.1, -0.05) is 62.4 Å². The molecule has 0 radical (unpaired) electrons. The van der Waals surface area contributed by atoms with E-state index in [-0.39, 0.29) is 17.9 Å². The fourth-order valence-corrected chi connectivity index (χ4v) is 4.52. The van der Waals surface area contributed by atoms with Gasteiger partial charge in [-0.25, -0.2) is 9.59 Å². The summed E-state index contributed by atoms with van der Waals surface area (Å²) in [5, 5.41) is 2.80. The lowest BCUT2D eigenvalue weighted by Crippen LogP contribution is -2.48. The highest BCUT2D eigenvalue weighted by Gasteiger charge is 2.70. The summed E-state index contributed by atoms with van der Waals surface area (Å²) in [5.74, 6) is -0.422. The summed E-state index contributed by atoms with van der Waals surface area (Å²) < 4.78 is 10.5. The van der Waals surface area contributed by atoms with Crippen molar-refractivity contribution in [3.8, 4) is 11.1 Å². The minimum atomic E-state index is -0.987. The maximum absolute atomic E-state index is 12.6. The fraction of sp³-hybridized carbons (Fsp3) is 0.391. The average Bonchev–Trinajstić information content (AvgIpc) is 3.19. The molecule has 2 atom stereocenters. The Hall–Kier alpha value is -2.82. The molecular weight excluding hydrogens is 354 g/mol. The summed E-state index contributed by atoms with van der Waals surface area (Å²) in [4.78, 5) is 24.9. The smallest absolute Gasteiger partial charge is 0.408 e. The van der Waals surface area contributed by atoms with E-state index >= 15 is 0 Å². The quantitative estimate of drug-likeness (QED) is 0.789. The van der Waals surface area contributed by atoms with E-state index < -0.39 is 17.6 Å². The van der Waals surface area contributed by atoms with E-state index in [0.717, 1.165) is 17.5 Å². The van der Waals surface area contributed by atoms with Crippen LogP contribution in [0.1, 0.15) is 43.7 Å². The molecule has 4 rings (SSSR count). The van der Waals surface area contributed by atoms with Crippen LogP contribution >= 0.6 is 0 Å². The number of carbonyl (C=O) groups is 2. The summed E-state index contributed by atoms with van der Waals surface area (Å²) in [6, 6.07) is 16.4. The van der Waals surface area contributed by atoms with E-state index in [1.807, 2.05) is 38.1 Å². The van der Waals surface area contributed by atoms with Crippen LogP contribution in [0.5, 0.6) is 0 Å². The molecule has 2 aromatic rings. The first-order valence-corrected chi connectivity index (χ1v) is 9.67. The number of carbonyl (C=O) groups excluding carboxylic acids is 2. The number of hydrogen-bond donors (Lipinski definition) is 1. The highest BCUT2D eigenvalue weighted by atomic mass is 16.6. The summed E-state index contributed by atoms with van der Waals surface area (Å²) in [5.41, 5.74) is 3.39. The summed E-state index contributed by atoms with van der Waals surface area (Å²) in [7, 11) is 1.35. The molecule has 1 amide bonds. The predicted molar refractivity (Wildman–Crippen MR) is 106 cm³/mol. The van der Waals surface area contributed by atoms with Crippen molar-refractivity contribution in [2.75, 3.05) is 13.7 Å². The number of rotatable bonds is 5. The average molecular weight is 379 g/mol. The van der Waals surface area contributed by atoms with Crippen LogP contribution in [0.4, 0.5) is 4.79 Å². The van der Waals surface area contributed by atoms with Crippen molar-refractivity contribution in [2.45, 2.75) is 38.1 Å². The van der Waals surface area contributed by atoms with Crippen molar-refractivity contribution in [2.24, 2.45) is 5.41 Å². The molecule has 0 aliphatic heterocycles. The van der Waals surface area contributed by atoms with Gasteiger partial charge in [-0.2, -0.15) is 0 Å². The molecule has 1 fully saturated rings. The van der Waals surface area contributed by atoms with E-state index in [2.05, 4.69) is 29.6 Å². The van der Waals surface area contributed by atoms with Crippen LogP contribution in [0, 0.1) is 5.41 Å². The molecular formula is C23H25NO4. The van der Waals surface area contributed by atoms with Crippen molar-refractivity contribution in [1.29, 1.82) is 0 Å². The van der Waals surface area contributed by atoms with E-state index in [4.69, 9.17) is 9.47 Å². The number of hydrogen-bond acceptors (Lipinski definition) is 4. The van der Waals surface area contributed by atoms with Gasteiger partial charge in [0.25, 0.3) is 0 Å². The maximum atomic E-state index is 12.6. The van der Waals surface area contributed by atoms with Crippen molar-refractivity contribution < 1.29 is 19.1 Å². The van der Waals surface area contributed by atoms with Crippen LogP contribution in [-0.2, 0) is 14.3 Å². The van der Waals surface area contributed by atoms with Crippen LogP contribution < -0.4 is 5.32 Å². The Balaban J connectivity index is 1.49. The second-order valence-corrected chi connectivity index (χ2v) is 7.94. The van der Waals surface area contributed by atoms with Gasteiger partial charge in [0, 0.05) is 11.3 Å². The van der Waals surface area contributed by atoms with E-state index in [9.17, 15) is 9.59 Å². The molecule has 28 heavy (non-hydrogen) atoms. The molecule has 0 saturated heterocycles. The Labute approximate surface area is 165 Å². The highest BCUT2D eigenvalue weighted by molar-refractivity contribution is 5.90. The van der Waals surface area contributed by atoms with E-state index in [1.54, 1.807) is 0 Å². The van der Waals surface area contributed by atoms with Crippen LogP contribution in [0.2, 0.25) is 0 Å². The molecule has 0 aromatic heterocycles. The Morgan fingerprint density at radius 3 is 2.14 bits per heavy atom. The van der Waals surface area contributed by atoms with Crippen LogP contribution in [0.15, 0.2) is 48.5 Å². The minimum absolute atomic E-state index is 0.0102. The zero-order chi connectivity index (χ0) is 19.9. The first-order valence-electron chi connectivity index (χ1n) is 9.67. The van der Waals surface area contributed by atoms with Gasteiger partial charge in [0.2, 0.25) is 0 Å². The molecule has 5 heteroatoms. The summed E-state index contributed by atoms with van der Waals surface area (Å²) in [6.45, 7) is 4.21. The lowest BCUT2D eigenvalue weighted by atomic mass is 9.98. The van der Waals surface area contributed by atoms with Gasteiger partial charge in [-0.3, -0.25) is 0 Å². The Morgan fingerprint density at radius 1 is 1.07 bits per heavy atom. The summed E-state index contributed by atoms with van der Waals surface area (Å²) in [6.07, 6.45) is 0.753. The molecule has 0 unspecified atom stereocenters. The lowest BCUT2D eigenvalue weighted by Gasteiger charge is -2.22. The standard InChI is InChI=1S/C23H25NO4/c1-4-22(2)14-23(22,20(25)27-3)24-21(26)28-13-19-17-11-7-5-9-15(17)16-10-6-8-12-18(16)19/h5-12,19H,4,13-14H2,1-3H3,(H,24,26)/t22-,23+/m1/s1. The van der Waals surface area contributed by atoms with Crippen molar-refractivity contribution in [3.05, 3.63) is 59.7 Å². The molecule has 5 nitrogen and oxygen atoms in total. The third-order valence-electron chi connectivity index (χ3n) is 6.53. The number of nitrogens with one attached hydrogen (secondary N) is 1. The molecule has 1 N–H and O–H groups in total. The largest absolute Gasteiger partial charge is 0.467 e. The van der Waals surface area contributed by atoms with Gasteiger partial charge in [-0.05, 0) is 35.1 Å². The first kappa shape index (κ1) is 18.5. The summed E-state index contributed by atoms with van der Waals surface area (Å²) >= 11 is 0. The van der Waals surface area contributed by atoms with Gasteiger partial charge in [0.1, 0.15) is 12.1 Å². The topological polar surface area (TPSA) is 64.6 Å². The molecule has 146 valence electrons. The predicted octanol–water partition coefficient (Wildman–Crippen LogP) is 4.26. The second kappa shape index (κ2) is 6.66. The van der Waals surface area contributed by atoms with Crippen molar-refractivity contribution >= 4 is 12.1 Å². The lowest BCUT2D eigenvalue weighted by molar-refractivity contribution is -0.145. The van der Waals surface area contributed by atoms with Crippen LogP contribution in [-0.4, -0.2) is 31.3 Å². The Bertz CT molecular complexity index is 894. The molecule has 2 aliphatic rings.